The van der Waals surface area contributed by atoms with Gasteiger partial charge in [-0.15, -0.1) is 0 Å². The molecule has 2 fully saturated rings. The number of aryl methyl sites for hydroxylation is 2. The van der Waals surface area contributed by atoms with Crippen molar-refractivity contribution in [1.29, 1.82) is 0 Å². The predicted molar refractivity (Wildman–Crippen MR) is 193 cm³/mol. The standard InChI is InChI=1S/C38H50ClFN6O/c1-23-13-8-9-18-42-27(21-23)16-17-29-43-36-33(37(44-29)46-19-10-6-7-11-20-46)38(47-5)45-35(34(36)40)32-30-24(2)14-12-15-26(30)22-28(41-4)31(32)25(3)39/h22,24,27,41-42H,1,3,6-21H2,2,4-5H3. The van der Waals surface area contributed by atoms with E-state index >= 15 is 4.39 Å². The highest BCUT2D eigenvalue weighted by atomic mass is 35.5. The number of nitrogens with one attached hydrogen (secondary N) is 2. The number of pyridine rings is 1. The summed E-state index contributed by atoms with van der Waals surface area (Å²) in [6, 6.07) is 2.44. The highest BCUT2D eigenvalue weighted by Crippen LogP contribution is 2.48. The number of rotatable bonds is 8. The summed E-state index contributed by atoms with van der Waals surface area (Å²) in [5.41, 5.74) is 6.19. The summed E-state index contributed by atoms with van der Waals surface area (Å²) in [7, 11) is 3.46. The molecule has 0 radical (unpaired) electrons. The van der Waals surface area contributed by atoms with Crippen LogP contribution in [0.25, 0.3) is 27.2 Å². The number of hydrogen-bond donors (Lipinski definition) is 2. The number of ether oxygens (including phenoxy) is 1. The Morgan fingerprint density at radius 1 is 1.11 bits per heavy atom. The van der Waals surface area contributed by atoms with Crippen LogP contribution in [0.3, 0.4) is 0 Å². The summed E-state index contributed by atoms with van der Waals surface area (Å²) in [5.74, 6) is 1.43. The van der Waals surface area contributed by atoms with Gasteiger partial charge in [0.15, 0.2) is 5.82 Å². The Morgan fingerprint density at radius 2 is 1.89 bits per heavy atom. The van der Waals surface area contributed by atoms with E-state index in [9.17, 15) is 0 Å². The van der Waals surface area contributed by atoms with Crippen molar-refractivity contribution in [2.75, 3.05) is 44.0 Å². The summed E-state index contributed by atoms with van der Waals surface area (Å²) < 4.78 is 23.4. The number of benzene rings is 1. The number of hydrogen-bond acceptors (Lipinski definition) is 7. The van der Waals surface area contributed by atoms with Crippen molar-refractivity contribution in [3.8, 4) is 17.1 Å². The van der Waals surface area contributed by atoms with Crippen LogP contribution in [0.2, 0.25) is 0 Å². The third kappa shape index (κ3) is 7.00. The lowest BCUT2D eigenvalue weighted by Gasteiger charge is -2.29. The van der Waals surface area contributed by atoms with Gasteiger partial charge in [0.2, 0.25) is 5.88 Å². The molecule has 252 valence electrons. The van der Waals surface area contributed by atoms with E-state index in [2.05, 4.69) is 41.7 Å². The molecule has 0 saturated carbocycles. The normalized spacial score (nSPS) is 20.7. The Labute approximate surface area is 284 Å². The first kappa shape index (κ1) is 33.7. The molecule has 9 heteroatoms. The van der Waals surface area contributed by atoms with Gasteiger partial charge in [-0.05, 0) is 93.9 Å². The van der Waals surface area contributed by atoms with Gasteiger partial charge in [0.05, 0.1) is 7.11 Å². The average molecular weight is 661 g/mol. The Morgan fingerprint density at radius 3 is 2.62 bits per heavy atom. The Kier molecular flexibility index (Phi) is 10.7. The Bertz CT molecular complexity index is 1650. The van der Waals surface area contributed by atoms with Gasteiger partial charge in [-0.3, -0.25) is 0 Å². The van der Waals surface area contributed by atoms with E-state index in [0.29, 0.717) is 45.7 Å². The summed E-state index contributed by atoms with van der Waals surface area (Å²) >= 11 is 6.73. The Balaban J connectivity index is 1.56. The Hall–Kier alpha value is -3.23. The minimum absolute atomic E-state index is 0.206. The minimum atomic E-state index is -0.467. The van der Waals surface area contributed by atoms with E-state index < -0.39 is 5.82 Å². The fourth-order valence-corrected chi connectivity index (χ4v) is 8.13. The number of nitrogens with zero attached hydrogens (tertiary/aromatic N) is 4. The predicted octanol–water partition coefficient (Wildman–Crippen LogP) is 8.93. The summed E-state index contributed by atoms with van der Waals surface area (Å²) in [4.78, 5) is 17.4. The maximum atomic E-state index is 17.5. The molecule has 1 aromatic carbocycles. The zero-order valence-electron chi connectivity index (χ0n) is 28.4. The molecule has 0 bridgehead atoms. The van der Waals surface area contributed by atoms with Crippen LogP contribution in [-0.2, 0) is 12.8 Å². The van der Waals surface area contributed by atoms with Crippen molar-refractivity contribution in [3.05, 3.63) is 53.1 Å². The van der Waals surface area contributed by atoms with Crippen molar-refractivity contribution in [1.82, 2.24) is 20.3 Å². The van der Waals surface area contributed by atoms with Crippen LogP contribution in [-0.4, -0.2) is 54.8 Å². The lowest BCUT2D eigenvalue weighted by Crippen LogP contribution is -2.32. The van der Waals surface area contributed by atoms with Crippen molar-refractivity contribution in [2.45, 2.75) is 102 Å². The molecule has 47 heavy (non-hydrogen) atoms. The number of fused-ring (bicyclic) bond motifs is 2. The van der Waals surface area contributed by atoms with E-state index in [1.165, 1.54) is 30.4 Å². The van der Waals surface area contributed by atoms with Gasteiger partial charge in [-0.1, -0.05) is 50.1 Å². The van der Waals surface area contributed by atoms with Crippen molar-refractivity contribution < 1.29 is 9.13 Å². The number of methoxy groups -OCH3 is 1. The van der Waals surface area contributed by atoms with Gasteiger partial charge in [-0.25, -0.2) is 19.3 Å². The molecule has 2 N–H and O–H groups in total. The number of anilines is 2. The maximum absolute atomic E-state index is 17.5. The van der Waals surface area contributed by atoms with E-state index in [1.54, 1.807) is 7.11 Å². The lowest BCUT2D eigenvalue weighted by molar-refractivity contribution is 0.402. The van der Waals surface area contributed by atoms with Crippen LogP contribution in [0.4, 0.5) is 15.9 Å². The second kappa shape index (κ2) is 14.9. The van der Waals surface area contributed by atoms with Crippen LogP contribution >= 0.6 is 11.6 Å². The molecule has 2 unspecified atom stereocenters. The minimum Gasteiger partial charge on any atom is -0.480 e. The highest BCUT2D eigenvalue weighted by Gasteiger charge is 2.32. The third-order valence-electron chi connectivity index (χ3n) is 10.3. The monoisotopic (exact) mass is 660 g/mol. The molecule has 2 atom stereocenters. The SMILES string of the molecule is C=C1CCCCNC(CCc2nc(N3CCCCCC3)c3c(OC)nc(-c4c(C(=C)Cl)c(NC)cc5c4C(C)CCC5)c(F)c3n2)C1. The highest BCUT2D eigenvalue weighted by molar-refractivity contribution is 6.49. The quantitative estimate of drug-likeness (QED) is 0.234. The van der Waals surface area contributed by atoms with E-state index in [0.717, 1.165) is 94.5 Å². The first-order valence-electron chi connectivity index (χ1n) is 17.6. The van der Waals surface area contributed by atoms with Crippen molar-refractivity contribution in [2.24, 2.45) is 0 Å². The second-order valence-electron chi connectivity index (χ2n) is 13.7. The van der Waals surface area contributed by atoms with E-state index in [-0.39, 0.29) is 17.1 Å². The van der Waals surface area contributed by atoms with E-state index in [4.69, 9.17) is 31.3 Å². The largest absolute Gasteiger partial charge is 0.480 e. The first-order valence-corrected chi connectivity index (χ1v) is 18.0. The number of aromatic nitrogens is 3. The van der Waals surface area contributed by atoms with Gasteiger partial charge in [0.25, 0.3) is 0 Å². The van der Waals surface area contributed by atoms with Crippen LogP contribution < -0.4 is 20.3 Å². The fourth-order valence-electron chi connectivity index (χ4n) is 7.93. The van der Waals surface area contributed by atoms with Gasteiger partial charge >= 0.3 is 0 Å². The number of halogens is 2. The van der Waals surface area contributed by atoms with Crippen molar-refractivity contribution >= 4 is 39.0 Å². The third-order valence-corrected chi connectivity index (χ3v) is 10.5. The molecule has 0 spiro atoms. The van der Waals surface area contributed by atoms with Crippen LogP contribution in [0.1, 0.15) is 106 Å². The molecule has 7 nitrogen and oxygen atoms in total. The second-order valence-corrected chi connectivity index (χ2v) is 14.1. The molecule has 3 aromatic rings. The topological polar surface area (TPSA) is 75.2 Å². The van der Waals surface area contributed by atoms with Crippen LogP contribution in [0.15, 0.2) is 24.8 Å². The molecule has 4 heterocycles. The van der Waals surface area contributed by atoms with Gasteiger partial charge in [0.1, 0.15) is 28.2 Å². The molecular formula is C38H50ClFN6O. The molecule has 6 rings (SSSR count). The molecular weight excluding hydrogens is 611 g/mol. The molecule has 3 aliphatic rings. The summed E-state index contributed by atoms with van der Waals surface area (Å²) in [6.07, 6.45) is 13.3. The molecule has 2 aliphatic heterocycles. The average Bonchev–Trinajstić information content (AvgIpc) is 3.35. The fraction of sp³-hybridized carbons (Fsp3) is 0.553. The summed E-state index contributed by atoms with van der Waals surface area (Å²) in [5, 5.41) is 7.88. The zero-order chi connectivity index (χ0) is 33.1. The molecule has 2 aromatic heterocycles. The smallest absolute Gasteiger partial charge is 0.227 e. The summed E-state index contributed by atoms with van der Waals surface area (Å²) in [6.45, 7) is 13.3. The first-order chi connectivity index (χ1) is 22.8. The van der Waals surface area contributed by atoms with E-state index in [1.807, 2.05) is 7.05 Å². The van der Waals surface area contributed by atoms with Crippen molar-refractivity contribution in [3.63, 3.8) is 0 Å². The van der Waals surface area contributed by atoms with Crippen LogP contribution in [0.5, 0.6) is 5.88 Å². The van der Waals surface area contributed by atoms with Gasteiger partial charge in [0, 0.05) is 54.4 Å². The molecule has 2 saturated heterocycles. The zero-order valence-corrected chi connectivity index (χ0v) is 29.2. The van der Waals surface area contributed by atoms with Gasteiger partial charge in [-0.2, -0.15) is 0 Å². The van der Waals surface area contributed by atoms with Gasteiger partial charge < -0.3 is 20.3 Å². The molecule has 0 amide bonds. The maximum Gasteiger partial charge on any atom is 0.227 e. The van der Waals surface area contributed by atoms with Crippen LogP contribution in [0, 0.1) is 5.82 Å². The molecule has 1 aliphatic carbocycles. The lowest BCUT2D eigenvalue weighted by atomic mass is 9.78.